The average Bonchev–Trinajstić information content (AvgIpc) is 2.85. The maximum absolute atomic E-state index is 13.2. The molecule has 0 spiro atoms. The molecule has 2 nitrogen and oxygen atoms in total. The predicted octanol–water partition coefficient (Wildman–Crippen LogP) is 6.60. The molecule has 4 aromatic carbocycles. The molecule has 0 aromatic heterocycles. The number of rotatable bonds is 7. The van der Waals surface area contributed by atoms with Gasteiger partial charge in [0.15, 0.2) is 0 Å². The molecule has 31 heavy (non-hydrogen) atoms. The zero-order valence-electron chi connectivity index (χ0n) is 17.2. The quantitative estimate of drug-likeness (QED) is 0.197. The summed E-state index contributed by atoms with van der Waals surface area (Å²) in [6.45, 7) is 0.270. The van der Waals surface area contributed by atoms with Crippen LogP contribution in [0.2, 0.25) is 0 Å². The molecule has 0 bridgehead atoms. The summed E-state index contributed by atoms with van der Waals surface area (Å²) < 4.78 is 5.89. The minimum Gasteiger partial charge on any atom is -0.461 e. The lowest BCUT2D eigenvalue weighted by atomic mass is 9.92. The third-order valence-electron chi connectivity index (χ3n) is 5.20. The summed E-state index contributed by atoms with van der Waals surface area (Å²) in [5.74, 6) is -0.355. The van der Waals surface area contributed by atoms with E-state index in [2.05, 4.69) is 24.3 Å². The van der Waals surface area contributed by atoms with Gasteiger partial charge in [0.05, 0.1) is 5.57 Å². The van der Waals surface area contributed by atoms with Crippen LogP contribution in [0.1, 0.15) is 28.2 Å². The van der Waals surface area contributed by atoms with Crippen molar-refractivity contribution >= 4 is 17.6 Å². The Labute approximate surface area is 183 Å². The minimum absolute atomic E-state index is 0.0277. The van der Waals surface area contributed by atoms with Crippen molar-refractivity contribution in [3.63, 3.8) is 0 Å². The Hall–Kier alpha value is -3.91. The topological polar surface area (TPSA) is 26.3 Å². The molecule has 152 valence electrons. The van der Waals surface area contributed by atoms with Gasteiger partial charge in [0.25, 0.3) is 0 Å². The summed E-state index contributed by atoms with van der Waals surface area (Å²) in [7, 11) is 0. The van der Waals surface area contributed by atoms with Crippen molar-refractivity contribution in [1.29, 1.82) is 0 Å². The molecule has 0 amide bonds. The molecular weight excluding hydrogens is 380 g/mol. The van der Waals surface area contributed by atoms with Crippen molar-refractivity contribution in [2.24, 2.45) is 0 Å². The maximum Gasteiger partial charge on any atom is 0.338 e. The third-order valence-corrected chi connectivity index (χ3v) is 5.20. The zero-order valence-corrected chi connectivity index (χ0v) is 17.2. The largest absolute Gasteiger partial charge is 0.461 e. The average molecular weight is 405 g/mol. The fraction of sp³-hybridized carbons (Fsp3) is 0.0690. The van der Waals surface area contributed by atoms with Crippen LogP contribution in [-0.4, -0.2) is 12.6 Å². The molecule has 4 aromatic rings. The summed E-state index contributed by atoms with van der Waals surface area (Å²) in [6, 6.07) is 39.8. The van der Waals surface area contributed by atoms with E-state index in [4.69, 9.17) is 4.74 Å². The predicted molar refractivity (Wildman–Crippen MR) is 126 cm³/mol. The van der Waals surface area contributed by atoms with Crippen LogP contribution in [0.3, 0.4) is 0 Å². The molecule has 0 radical (unpaired) electrons. The summed E-state index contributed by atoms with van der Waals surface area (Å²) in [5.41, 5.74) is 4.59. The van der Waals surface area contributed by atoms with E-state index in [1.807, 2.05) is 103 Å². The van der Waals surface area contributed by atoms with Crippen molar-refractivity contribution in [3.05, 3.63) is 144 Å². The van der Waals surface area contributed by atoms with Gasteiger partial charge in [0.2, 0.25) is 0 Å². The fourth-order valence-corrected chi connectivity index (χ4v) is 3.59. The van der Waals surface area contributed by atoms with E-state index < -0.39 is 0 Å². The first kappa shape index (κ1) is 20.4. The molecular formula is C29H24O2. The minimum atomic E-state index is -0.327. The Balaban J connectivity index is 1.61. The maximum atomic E-state index is 13.2. The lowest BCUT2D eigenvalue weighted by Gasteiger charge is -2.19. The summed E-state index contributed by atoms with van der Waals surface area (Å²) >= 11 is 0. The molecule has 2 heteroatoms. The number of carbonyl (C=O) groups excluding carboxylic acids is 1. The summed E-state index contributed by atoms with van der Waals surface area (Å²) in [5, 5.41) is 0. The van der Waals surface area contributed by atoms with Crippen LogP contribution in [0.5, 0.6) is 0 Å². The molecule has 0 fully saturated rings. The monoisotopic (exact) mass is 404 g/mol. The number of hydrogen-bond donors (Lipinski definition) is 0. The smallest absolute Gasteiger partial charge is 0.338 e. The summed E-state index contributed by atoms with van der Waals surface area (Å²) in [4.78, 5) is 13.2. The van der Waals surface area contributed by atoms with Gasteiger partial charge >= 0.3 is 5.97 Å². The van der Waals surface area contributed by atoms with Crippen molar-refractivity contribution in [1.82, 2.24) is 0 Å². The Bertz CT molecular complexity index is 1080. The Morgan fingerprint density at radius 2 is 1.10 bits per heavy atom. The molecule has 0 aliphatic heterocycles. The van der Waals surface area contributed by atoms with Gasteiger partial charge in [-0.2, -0.15) is 0 Å². The first-order chi connectivity index (χ1) is 15.3. The molecule has 0 unspecified atom stereocenters. The van der Waals surface area contributed by atoms with Gasteiger partial charge in [-0.25, -0.2) is 4.79 Å². The van der Waals surface area contributed by atoms with E-state index in [-0.39, 0.29) is 18.5 Å². The number of ether oxygens (including phenoxy) is 1. The molecule has 0 saturated heterocycles. The molecule has 0 aliphatic rings. The standard InChI is InChI=1S/C29H24O2/c30-29(27(24-15-7-2-8-16-24)21-23-13-5-1-6-14-23)31-22-28(25-17-9-3-10-18-25)26-19-11-4-12-20-26/h1-21,28H,22H2. The second-order valence-electron chi connectivity index (χ2n) is 7.31. The van der Waals surface area contributed by atoms with Gasteiger partial charge < -0.3 is 4.74 Å². The zero-order chi connectivity index (χ0) is 21.3. The van der Waals surface area contributed by atoms with E-state index in [0.29, 0.717) is 5.57 Å². The molecule has 0 N–H and O–H groups in total. The van der Waals surface area contributed by atoms with Crippen LogP contribution in [0, 0.1) is 0 Å². The Kier molecular flexibility index (Phi) is 6.71. The highest BCUT2D eigenvalue weighted by Crippen LogP contribution is 2.26. The molecule has 0 atom stereocenters. The number of benzene rings is 4. The van der Waals surface area contributed by atoms with Gasteiger partial charge in [0, 0.05) is 5.92 Å². The van der Waals surface area contributed by atoms with Crippen LogP contribution in [0.25, 0.3) is 11.6 Å². The van der Waals surface area contributed by atoms with E-state index in [0.717, 1.165) is 22.3 Å². The van der Waals surface area contributed by atoms with Gasteiger partial charge in [0.1, 0.15) is 6.61 Å². The van der Waals surface area contributed by atoms with Gasteiger partial charge in [-0.1, -0.05) is 121 Å². The molecule has 0 heterocycles. The molecule has 4 rings (SSSR count). The second kappa shape index (κ2) is 10.2. The van der Waals surface area contributed by atoms with Crippen molar-refractivity contribution in [2.75, 3.05) is 6.61 Å². The van der Waals surface area contributed by atoms with Crippen LogP contribution in [0.4, 0.5) is 0 Å². The van der Waals surface area contributed by atoms with Gasteiger partial charge in [-0.05, 0) is 28.3 Å². The van der Waals surface area contributed by atoms with Gasteiger partial charge in [-0.3, -0.25) is 0 Å². The normalized spacial score (nSPS) is 11.3. The molecule has 0 aliphatic carbocycles. The van der Waals surface area contributed by atoms with E-state index in [9.17, 15) is 4.79 Å². The second-order valence-corrected chi connectivity index (χ2v) is 7.31. The Morgan fingerprint density at radius 3 is 1.61 bits per heavy atom. The SMILES string of the molecule is O=C(OCC(c1ccccc1)c1ccccc1)C(=Cc1ccccc1)c1ccccc1. The lowest BCUT2D eigenvalue weighted by Crippen LogP contribution is -2.15. The highest BCUT2D eigenvalue weighted by Gasteiger charge is 2.19. The fourth-order valence-electron chi connectivity index (χ4n) is 3.59. The lowest BCUT2D eigenvalue weighted by molar-refractivity contribution is -0.136. The third kappa shape index (κ3) is 5.37. The van der Waals surface area contributed by atoms with Crippen LogP contribution < -0.4 is 0 Å². The highest BCUT2D eigenvalue weighted by atomic mass is 16.5. The van der Waals surface area contributed by atoms with Crippen LogP contribution in [0.15, 0.2) is 121 Å². The van der Waals surface area contributed by atoms with E-state index >= 15 is 0 Å². The highest BCUT2D eigenvalue weighted by molar-refractivity contribution is 6.21. The first-order valence-electron chi connectivity index (χ1n) is 10.4. The van der Waals surface area contributed by atoms with E-state index in [1.54, 1.807) is 0 Å². The van der Waals surface area contributed by atoms with Crippen molar-refractivity contribution in [2.45, 2.75) is 5.92 Å². The Morgan fingerprint density at radius 1 is 0.645 bits per heavy atom. The number of carbonyl (C=O) groups is 1. The number of hydrogen-bond acceptors (Lipinski definition) is 2. The first-order valence-corrected chi connectivity index (χ1v) is 10.4. The summed E-state index contributed by atoms with van der Waals surface area (Å²) in [6.07, 6.45) is 1.89. The van der Waals surface area contributed by atoms with Crippen LogP contribution >= 0.6 is 0 Å². The number of esters is 1. The van der Waals surface area contributed by atoms with Gasteiger partial charge in [-0.15, -0.1) is 0 Å². The van der Waals surface area contributed by atoms with Crippen molar-refractivity contribution in [3.8, 4) is 0 Å². The van der Waals surface area contributed by atoms with Crippen molar-refractivity contribution < 1.29 is 9.53 Å². The van der Waals surface area contributed by atoms with E-state index in [1.165, 1.54) is 0 Å². The molecule has 0 saturated carbocycles. The van der Waals surface area contributed by atoms with Crippen LogP contribution in [-0.2, 0) is 9.53 Å².